The minimum absolute atomic E-state index is 0.106. The molecule has 1 fully saturated rings. The first-order valence-corrected chi connectivity index (χ1v) is 9.56. The van der Waals surface area contributed by atoms with Gasteiger partial charge >= 0.3 is 0 Å². The highest BCUT2D eigenvalue weighted by molar-refractivity contribution is 6.35. The molecule has 1 saturated heterocycles. The van der Waals surface area contributed by atoms with Gasteiger partial charge in [-0.25, -0.2) is 0 Å². The summed E-state index contributed by atoms with van der Waals surface area (Å²) < 4.78 is 5.58. The molecular formula is C20H20Cl2N2O3. The van der Waals surface area contributed by atoms with Crippen molar-refractivity contribution in [2.24, 2.45) is 0 Å². The number of benzene rings is 2. The first-order valence-electron chi connectivity index (χ1n) is 8.81. The van der Waals surface area contributed by atoms with Crippen molar-refractivity contribution in [2.45, 2.75) is 25.7 Å². The maximum Gasteiger partial charge on any atom is 0.227 e. The predicted octanol–water partition coefficient (Wildman–Crippen LogP) is 4.92. The van der Waals surface area contributed by atoms with Crippen LogP contribution in [0, 0.1) is 0 Å². The molecular weight excluding hydrogens is 387 g/mol. The number of anilines is 2. The Kier molecular flexibility index (Phi) is 6.58. The van der Waals surface area contributed by atoms with Crippen LogP contribution in [0.4, 0.5) is 11.4 Å². The molecule has 5 nitrogen and oxygen atoms in total. The summed E-state index contributed by atoms with van der Waals surface area (Å²) in [6.07, 6.45) is 2.31. The fourth-order valence-corrected chi connectivity index (χ4v) is 3.37. The van der Waals surface area contributed by atoms with Crippen molar-refractivity contribution in [2.75, 3.05) is 23.4 Å². The molecule has 7 heteroatoms. The number of hydrogen-bond acceptors (Lipinski definition) is 3. The number of nitrogens with one attached hydrogen (secondary N) is 1. The molecule has 2 amide bonds. The van der Waals surface area contributed by atoms with Crippen LogP contribution in [0.5, 0.6) is 5.75 Å². The Balaban J connectivity index is 1.46. The second kappa shape index (κ2) is 9.11. The number of amides is 2. The summed E-state index contributed by atoms with van der Waals surface area (Å²) in [6, 6.07) is 12.4. The molecule has 1 heterocycles. The van der Waals surface area contributed by atoms with Gasteiger partial charge in [0.1, 0.15) is 5.75 Å². The van der Waals surface area contributed by atoms with Crippen LogP contribution in [0.2, 0.25) is 10.0 Å². The van der Waals surface area contributed by atoms with Gasteiger partial charge in [0.15, 0.2) is 0 Å². The summed E-state index contributed by atoms with van der Waals surface area (Å²) in [6.45, 7) is 1.10. The molecule has 0 aromatic heterocycles. The van der Waals surface area contributed by atoms with E-state index in [0.29, 0.717) is 47.4 Å². The lowest BCUT2D eigenvalue weighted by atomic mass is 10.2. The third kappa shape index (κ3) is 5.37. The van der Waals surface area contributed by atoms with E-state index in [-0.39, 0.29) is 11.8 Å². The van der Waals surface area contributed by atoms with Crippen LogP contribution >= 0.6 is 23.2 Å². The van der Waals surface area contributed by atoms with Crippen LogP contribution in [0.25, 0.3) is 0 Å². The molecule has 27 heavy (non-hydrogen) atoms. The molecule has 0 bridgehead atoms. The van der Waals surface area contributed by atoms with E-state index in [0.717, 1.165) is 18.7 Å². The highest BCUT2D eigenvalue weighted by Gasteiger charge is 2.21. The number of halogens is 2. The molecule has 2 aromatic rings. The third-order valence-electron chi connectivity index (χ3n) is 4.21. The van der Waals surface area contributed by atoms with Crippen LogP contribution in [0.15, 0.2) is 42.5 Å². The largest absolute Gasteiger partial charge is 0.492 e. The smallest absolute Gasteiger partial charge is 0.227 e. The maximum absolute atomic E-state index is 12.1. The Labute approximate surface area is 168 Å². The topological polar surface area (TPSA) is 58.6 Å². The molecule has 1 aliphatic heterocycles. The van der Waals surface area contributed by atoms with Gasteiger partial charge in [-0.3, -0.25) is 9.59 Å². The Hall–Kier alpha value is -2.24. The van der Waals surface area contributed by atoms with E-state index in [1.54, 1.807) is 23.1 Å². The van der Waals surface area contributed by atoms with E-state index in [1.807, 2.05) is 24.3 Å². The van der Waals surface area contributed by atoms with Gasteiger partial charge in [-0.15, -0.1) is 0 Å². The van der Waals surface area contributed by atoms with Gasteiger partial charge < -0.3 is 15.0 Å². The second-order valence-corrected chi connectivity index (χ2v) is 7.12. The second-order valence-electron chi connectivity index (χ2n) is 6.27. The van der Waals surface area contributed by atoms with Crippen LogP contribution < -0.4 is 15.0 Å². The van der Waals surface area contributed by atoms with Crippen molar-refractivity contribution in [3.8, 4) is 5.75 Å². The fourth-order valence-electron chi connectivity index (χ4n) is 2.90. The van der Waals surface area contributed by atoms with Crippen molar-refractivity contribution >= 4 is 46.4 Å². The van der Waals surface area contributed by atoms with Gasteiger partial charge in [0.05, 0.1) is 11.6 Å². The average molecular weight is 407 g/mol. The molecule has 0 aliphatic carbocycles. The number of ether oxygens (including phenoxy) is 1. The predicted molar refractivity (Wildman–Crippen MR) is 108 cm³/mol. The minimum atomic E-state index is -0.106. The summed E-state index contributed by atoms with van der Waals surface area (Å²) >= 11 is 11.9. The van der Waals surface area contributed by atoms with Crippen molar-refractivity contribution in [3.05, 3.63) is 52.5 Å². The Bertz CT molecular complexity index is 842. The zero-order chi connectivity index (χ0) is 19.2. The van der Waals surface area contributed by atoms with Gasteiger partial charge in [-0.2, -0.15) is 0 Å². The van der Waals surface area contributed by atoms with Gasteiger partial charge in [0.25, 0.3) is 0 Å². The summed E-state index contributed by atoms with van der Waals surface area (Å²) in [5, 5.41) is 3.85. The zero-order valence-electron chi connectivity index (χ0n) is 14.7. The Morgan fingerprint density at radius 3 is 2.78 bits per heavy atom. The fraction of sp³-hybridized carbons (Fsp3) is 0.300. The number of hydrogen-bond donors (Lipinski definition) is 1. The van der Waals surface area contributed by atoms with Gasteiger partial charge in [-0.1, -0.05) is 29.3 Å². The number of carbonyl (C=O) groups excluding carboxylic acids is 2. The lowest BCUT2D eigenvalue weighted by molar-refractivity contribution is -0.117. The molecule has 1 N–H and O–H groups in total. The lowest BCUT2D eigenvalue weighted by Gasteiger charge is -2.16. The van der Waals surface area contributed by atoms with Crippen molar-refractivity contribution in [1.29, 1.82) is 0 Å². The number of carbonyl (C=O) groups is 2. The summed E-state index contributed by atoms with van der Waals surface area (Å²) in [5.74, 6) is 0.562. The standard InChI is InChI=1S/C20H20Cl2N2O3/c21-14-8-9-18(17(22)12-14)27-11-3-6-19(25)23-15-4-1-5-16(13-15)24-10-2-7-20(24)26/h1,4-5,8-9,12-13H,2-3,6-7,10-11H2,(H,23,25). The van der Waals surface area contributed by atoms with Crippen molar-refractivity contribution < 1.29 is 14.3 Å². The van der Waals surface area contributed by atoms with Crippen molar-refractivity contribution in [1.82, 2.24) is 0 Å². The Morgan fingerprint density at radius 1 is 1.19 bits per heavy atom. The maximum atomic E-state index is 12.1. The van der Waals surface area contributed by atoms with Crippen molar-refractivity contribution in [3.63, 3.8) is 0 Å². The average Bonchev–Trinajstić information content (AvgIpc) is 3.06. The molecule has 142 valence electrons. The third-order valence-corrected chi connectivity index (χ3v) is 4.75. The highest BCUT2D eigenvalue weighted by atomic mass is 35.5. The van der Waals surface area contributed by atoms with Gasteiger partial charge in [-0.05, 0) is 49.2 Å². The summed E-state index contributed by atoms with van der Waals surface area (Å²) in [5.41, 5.74) is 1.50. The van der Waals surface area contributed by atoms with E-state index in [1.165, 1.54) is 0 Å². The summed E-state index contributed by atoms with van der Waals surface area (Å²) in [4.78, 5) is 25.7. The van der Waals surface area contributed by atoms with Gasteiger partial charge in [0.2, 0.25) is 11.8 Å². The van der Waals surface area contributed by atoms with E-state index < -0.39 is 0 Å². The van der Waals surface area contributed by atoms with E-state index in [2.05, 4.69) is 5.32 Å². The number of rotatable bonds is 7. The monoisotopic (exact) mass is 406 g/mol. The molecule has 0 spiro atoms. The van der Waals surface area contributed by atoms with Crippen LogP contribution in [0.1, 0.15) is 25.7 Å². The molecule has 1 aliphatic rings. The SMILES string of the molecule is O=C(CCCOc1ccc(Cl)cc1Cl)Nc1cccc(N2CCCC2=O)c1. The molecule has 0 saturated carbocycles. The van der Waals surface area contributed by atoms with Gasteiger partial charge in [0, 0.05) is 35.8 Å². The van der Waals surface area contributed by atoms with Crippen LogP contribution in [-0.2, 0) is 9.59 Å². The Morgan fingerprint density at radius 2 is 2.04 bits per heavy atom. The lowest BCUT2D eigenvalue weighted by Crippen LogP contribution is -2.23. The molecule has 0 atom stereocenters. The van der Waals surface area contributed by atoms with E-state index in [4.69, 9.17) is 27.9 Å². The highest BCUT2D eigenvalue weighted by Crippen LogP contribution is 2.28. The summed E-state index contributed by atoms with van der Waals surface area (Å²) in [7, 11) is 0. The molecule has 0 unspecified atom stereocenters. The van der Waals surface area contributed by atoms with E-state index in [9.17, 15) is 9.59 Å². The van der Waals surface area contributed by atoms with E-state index >= 15 is 0 Å². The van der Waals surface area contributed by atoms with Crippen LogP contribution in [-0.4, -0.2) is 25.0 Å². The molecule has 2 aromatic carbocycles. The normalized spacial score (nSPS) is 13.7. The van der Waals surface area contributed by atoms with Crippen LogP contribution in [0.3, 0.4) is 0 Å². The molecule has 0 radical (unpaired) electrons. The molecule has 3 rings (SSSR count). The first kappa shape index (κ1) is 19.5. The number of nitrogens with zero attached hydrogens (tertiary/aromatic N) is 1. The quantitative estimate of drug-likeness (QED) is 0.663. The first-order chi connectivity index (χ1) is 13.0. The minimum Gasteiger partial charge on any atom is -0.492 e. The zero-order valence-corrected chi connectivity index (χ0v) is 16.2.